The minimum absolute atomic E-state index is 0.295. The highest BCUT2D eigenvalue weighted by atomic mass is 32.2. The Balaban J connectivity index is 2.01. The summed E-state index contributed by atoms with van der Waals surface area (Å²) in [6.07, 6.45) is 2.96. The first-order valence-electron chi connectivity index (χ1n) is 6.85. The van der Waals surface area contributed by atoms with E-state index in [0.29, 0.717) is 22.6 Å². The summed E-state index contributed by atoms with van der Waals surface area (Å²) in [6, 6.07) is 2.82. The first kappa shape index (κ1) is 15.2. The van der Waals surface area contributed by atoms with Crippen LogP contribution in [-0.2, 0) is 6.42 Å². The molecule has 1 aliphatic heterocycles. The van der Waals surface area contributed by atoms with Crippen molar-refractivity contribution < 1.29 is 0 Å². The first-order valence-corrected chi connectivity index (χ1v) is 8.95. The number of rotatable bonds is 5. The molecule has 2 heterocycles. The molecule has 1 aromatic heterocycles. The van der Waals surface area contributed by atoms with Crippen LogP contribution in [0.3, 0.4) is 0 Å². The molecule has 0 bridgehead atoms. The summed E-state index contributed by atoms with van der Waals surface area (Å²) in [5.41, 5.74) is 4.13. The standard InChI is InChI=1S/C13H24N4S2/c1-9(2)17-5-4-11(16-17)8-12(15-14)13-10(3)18-6-7-19-13/h4-5,9-10,12-13,15H,6-8,14H2,1-3H3. The lowest BCUT2D eigenvalue weighted by Crippen LogP contribution is -2.48. The molecule has 1 fully saturated rings. The zero-order chi connectivity index (χ0) is 13.8. The second-order valence-corrected chi connectivity index (χ2v) is 8.04. The Hall–Kier alpha value is -0.170. The number of nitrogens with one attached hydrogen (secondary N) is 1. The van der Waals surface area contributed by atoms with Crippen LogP contribution in [0.25, 0.3) is 0 Å². The number of hydrazine groups is 1. The maximum atomic E-state index is 5.77. The number of nitrogens with zero attached hydrogens (tertiary/aromatic N) is 2. The number of thioether (sulfide) groups is 2. The van der Waals surface area contributed by atoms with Gasteiger partial charge < -0.3 is 0 Å². The molecule has 0 spiro atoms. The Morgan fingerprint density at radius 1 is 1.47 bits per heavy atom. The third kappa shape index (κ3) is 3.90. The Morgan fingerprint density at radius 2 is 2.21 bits per heavy atom. The summed E-state index contributed by atoms with van der Waals surface area (Å²) in [7, 11) is 0. The maximum absolute atomic E-state index is 5.77. The quantitative estimate of drug-likeness (QED) is 0.644. The predicted molar refractivity (Wildman–Crippen MR) is 85.6 cm³/mol. The van der Waals surface area contributed by atoms with Crippen LogP contribution < -0.4 is 11.3 Å². The molecular weight excluding hydrogens is 276 g/mol. The van der Waals surface area contributed by atoms with Gasteiger partial charge in [-0.1, -0.05) is 6.92 Å². The minimum Gasteiger partial charge on any atom is -0.271 e. The molecule has 4 nitrogen and oxygen atoms in total. The van der Waals surface area contributed by atoms with Crippen molar-refractivity contribution in [2.75, 3.05) is 11.5 Å². The van der Waals surface area contributed by atoms with E-state index in [1.54, 1.807) is 0 Å². The van der Waals surface area contributed by atoms with Gasteiger partial charge in [0.05, 0.1) is 5.69 Å². The van der Waals surface area contributed by atoms with Crippen molar-refractivity contribution in [3.8, 4) is 0 Å². The fourth-order valence-electron chi connectivity index (χ4n) is 2.36. The Labute approximate surface area is 124 Å². The van der Waals surface area contributed by atoms with Gasteiger partial charge in [-0.05, 0) is 19.9 Å². The first-order chi connectivity index (χ1) is 9.11. The van der Waals surface area contributed by atoms with Crippen LogP contribution in [0.1, 0.15) is 32.5 Å². The van der Waals surface area contributed by atoms with Crippen LogP contribution >= 0.6 is 23.5 Å². The number of hydrogen-bond donors (Lipinski definition) is 2. The van der Waals surface area contributed by atoms with Gasteiger partial charge in [-0.25, -0.2) is 0 Å². The van der Waals surface area contributed by atoms with Crippen molar-refractivity contribution in [2.24, 2.45) is 5.84 Å². The van der Waals surface area contributed by atoms with Crippen LogP contribution in [0.5, 0.6) is 0 Å². The van der Waals surface area contributed by atoms with Gasteiger partial charge >= 0.3 is 0 Å². The SMILES string of the molecule is CC1SCCSC1C(Cc1ccn(C(C)C)n1)NN. The van der Waals surface area contributed by atoms with Crippen LogP contribution in [0.15, 0.2) is 12.3 Å². The van der Waals surface area contributed by atoms with Crippen molar-refractivity contribution in [3.63, 3.8) is 0 Å². The summed E-state index contributed by atoms with van der Waals surface area (Å²) >= 11 is 4.09. The van der Waals surface area contributed by atoms with Gasteiger partial charge in [0.2, 0.25) is 0 Å². The monoisotopic (exact) mass is 300 g/mol. The third-order valence-electron chi connectivity index (χ3n) is 3.47. The van der Waals surface area contributed by atoms with Gasteiger partial charge in [-0.15, -0.1) is 0 Å². The van der Waals surface area contributed by atoms with Gasteiger partial charge in [0.25, 0.3) is 0 Å². The molecular formula is C13H24N4S2. The summed E-state index contributed by atoms with van der Waals surface area (Å²) in [6.45, 7) is 6.59. The molecule has 1 aliphatic rings. The zero-order valence-corrected chi connectivity index (χ0v) is 13.5. The van der Waals surface area contributed by atoms with Gasteiger partial charge in [0.1, 0.15) is 0 Å². The molecule has 0 amide bonds. The molecule has 2 rings (SSSR count). The van der Waals surface area contributed by atoms with E-state index < -0.39 is 0 Å². The second-order valence-electron chi connectivity index (χ2n) is 5.27. The van der Waals surface area contributed by atoms with Crippen LogP contribution in [0.2, 0.25) is 0 Å². The molecule has 0 saturated carbocycles. The average molecular weight is 300 g/mol. The topological polar surface area (TPSA) is 55.9 Å². The molecule has 3 unspecified atom stereocenters. The largest absolute Gasteiger partial charge is 0.271 e. The van der Waals surface area contributed by atoms with E-state index in [1.807, 2.05) is 28.2 Å². The lowest BCUT2D eigenvalue weighted by atomic mass is 10.1. The van der Waals surface area contributed by atoms with E-state index in [9.17, 15) is 0 Å². The number of hydrogen-bond acceptors (Lipinski definition) is 5. The molecule has 1 saturated heterocycles. The highest BCUT2D eigenvalue weighted by Crippen LogP contribution is 2.33. The van der Waals surface area contributed by atoms with Gasteiger partial charge in [0.15, 0.2) is 0 Å². The second kappa shape index (κ2) is 7.02. The maximum Gasteiger partial charge on any atom is 0.0641 e. The van der Waals surface area contributed by atoms with Crippen LogP contribution in [0, 0.1) is 0 Å². The minimum atomic E-state index is 0.295. The smallest absolute Gasteiger partial charge is 0.0641 e. The van der Waals surface area contributed by atoms with Crippen molar-refractivity contribution in [1.29, 1.82) is 0 Å². The van der Waals surface area contributed by atoms with E-state index in [1.165, 1.54) is 11.5 Å². The van der Waals surface area contributed by atoms with Gasteiger partial charge in [-0.2, -0.15) is 28.6 Å². The third-order valence-corrected chi connectivity index (χ3v) is 6.72. The van der Waals surface area contributed by atoms with E-state index in [2.05, 4.69) is 43.6 Å². The predicted octanol–water partition coefficient (Wildman–Crippen LogP) is 2.08. The van der Waals surface area contributed by atoms with Gasteiger partial charge in [-0.3, -0.25) is 16.0 Å². The van der Waals surface area contributed by atoms with Gasteiger partial charge in [0, 0.05) is 46.7 Å². The molecule has 108 valence electrons. The fourth-order valence-corrected chi connectivity index (χ4v) is 5.30. The summed E-state index contributed by atoms with van der Waals surface area (Å²) in [5, 5.41) is 5.83. The molecule has 3 N–H and O–H groups in total. The molecule has 0 aliphatic carbocycles. The molecule has 3 atom stereocenters. The van der Waals surface area contributed by atoms with E-state index in [0.717, 1.165) is 12.1 Å². The van der Waals surface area contributed by atoms with Crippen molar-refractivity contribution in [1.82, 2.24) is 15.2 Å². The fraction of sp³-hybridized carbons (Fsp3) is 0.769. The Morgan fingerprint density at radius 3 is 2.79 bits per heavy atom. The lowest BCUT2D eigenvalue weighted by molar-refractivity contribution is 0.482. The molecule has 1 aromatic rings. The molecule has 0 aromatic carbocycles. The van der Waals surface area contributed by atoms with Crippen LogP contribution in [-0.4, -0.2) is 37.8 Å². The summed E-state index contributed by atoms with van der Waals surface area (Å²) < 4.78 is 2.01. The van der Waals surface area contributed by atoms with E-state index in [4.69, 9.17) is 5.84 Å². The highest BCUT2D eigenvalue weighted by Gasteiger charge is 2.30. The normalized spacial score (nSPS) is 25.7. The van der Waals surface area contributed by atoms with Crippen molar-refractivity contribution >= 4 is 23.5 Å². The molecule has 19 heavy (non-hydrogen) atoms. The number of nitrogens with two attached hydrogens (primary N) is 1. The van der Waals surface area contributed by atoms with E-state index >= 15 is 0 Å². The lowest BCUT2D eigenvalue weighted by Gasteiger charge is -2.33. The highest BCUT2D eigenvalue weighted by molar-refractivity contribution is 8.07. The Kier molecular flexibility index (Phi) is 5.62. The van der Waals surface area contributed by atoms with Crippen molar-refractivity contribution in [2.45, 2.75) is 49.8 Å². The molecule has 6 heteroatoms. The molecule has 0 radical (unpaired) electrons. The van der Waals surface area contributed by atoms with Crippen molar-refractivity contribution in [3.05, 3.63) is 18.0 Å². The van der Waals surface area contributed by atoms with Crippen LogP contribution in [0.4, 0.5) is 0 Å². The summed E-state index contributed by atoms with van der Waals surface area (Å²) in [4.78, 5) is 0. The Bertz CT molecular complexity index is 394. The average Bonchev–Trinajstić information content (AvgIpc) is 2.86. The number of aromatic nitrogens is 2. The summed E-state index contributed by atoms with van der Waals surface area (Å²) in [5.74, 6) is 8.25. The zero-order valence-electron chi connectivity index (χ0n) is 11.9. The van der Waals surface area contributed by atoms with E-state index in [-0.39, 0.29) is 0 Å².